The molecule has 0 saturated heterocycles. The van der Waals surface area contributed by atoms with E-state index in [1.165, 1.54) is 18.2 Å². The van der Waals surface area contributed by atoms with E-state index in [1.807, 2.05) is 0 Å². The van der Waals surface area contributed by atoms with Crippen LogP contribution in [0.1, 0.15) is 21.5 Å². The summed E-state index contributed by atoms with van der Waals surface area (Å²) < 4.78 is 10.9. The number of Topliss-reactive ketones (excluding diaryl/α,β-unsaturated/α-hetero) is 1. The molecule has 0 aliphatic carbocycles. The lowest BCUT2D eigenvalue weighted by Crippen LogP contribution is -2.04. The van der Waals surface area contributed by atoms with Gasteiger partial charge in [0.25, 0.3) is 0 Å². The molecule has 0 aliphatic rings. The minimum Gasteiger partial charge on any atom is -0.508 e. The summed E-state index contributed by atoms with van der Waals surface area (Å²) in [4.78, 5) is 29.9. The maximum absolute atomic E-state index is 12.1. The number of ketones is 1. The number of phenolic OH excluding ortho intramolecular Hbond substituents is 2. The van der Waals surface area contributed by atoms with E-state index in [2.05, 4.69) is 0 Å². The zero-order chi connectivity index (χ0) is 16.3. The fraction of sp³-hybridized carbons (Fsp3) is 0.133. The highest BCUT2D eigenvalue weighted by Crippen LogP contribution is 2.38. The Morgan fingerprint density at radius 2 is 1.55 bits per heavy atom. The molecule has 0 aliphatic heterocycles. The van der Waals surface area contributed by atoms with Crippen molar-refractivity contribution in [1.82, 2.24) is 0 Å². The van der Waals surface area contributed by atoms with E-state index >= 15 is 0 Å². The molecule has 6 nitrogen and oxygen atoms in total. The quantitative estimate of drug-likeness (QED) is 0.381. The number of benzene rings is 2. The second-order valence-corrected chi connectivity index (χ2v) is 6.59. The van der Waals surface area contributed by atoms with Gasteiger partial charge in [-0.15, -0.1) is 0 Å². The van der Waals surface area contributed by atoms with Crippen molar-refractivity contribution in [3.05, 3.63) is 59.2 Å². The summed E-state index contributed by atoms with van der Waals surface area (Å²) in [6.45, 7) is 0. The maximum Gasteiger partial charge on any atom is 0.329 e. The monoisotopic (exact) mass is 322 g/mol. The van der Waals surface area contributed by atoms with Gasteiger partial charge >= 0.3 is 7.60 Å². The van der Waals surface area contributed by atoms with Crippen molar-refractivity contribution in [2.24, 2.45) is 0 Å². The summed E-state index contributed by atoms with van der Waals surface area (Å²) in [5.41, 5.74) is 1.14. The van der Waals surface area contributed by atoms with Crippen LogP contribution in [0.15, 0.2) is 42.5 Å². The second kappa shape index (κ2) is 6.32. The number of hydrogen-bond donors (Lipinski definition) is 4. The van der Waals surface area contributed by atoms with Crippen molar-refractivity contribution >= 4 is 13.4 Å². The van der Waals surface area contributed by atoms with Crippen LogP contribution < -0.4 is 0 Å². The topological polar surface area (TPSA) is 115 Å². The first kappa shape index (κ1) is 16.2. The lowest BCUT2D eigenvalue weighted by Gasteiger charge is -2.07. The van der Waals surface area contributed by atoms with Crippen molar-refractivity contribution < 1.29 is 29.4 Å². The van der Waals surface area contributed by atoms with Gasteiger partial charge in [-0.2, -0.15) is 0 Å². The molecular formula is C15H15O6P. The minimum atomic E-state index is -4.12. The zero-order valence-corrected chi connectivity index (χ0v) is 12.4. The molecule has 0 bridgehead atoms. The predicted octanol–water partition coefficient (Wildman–Crippen LogP) is 2.20. The predicted molar refractivity (Wildman–Crippen MR) is 80.0 cm³/mol. The number of carbonyl (C=O) groups is 1. The largest absolute Gasteiger partial charge is 0.508 e. The van der Waals surface area contributed by atoms with Crippen LogP contribution in [0, 0.1) is 0 Å². The van der Waals surface area contributed by atoms with Gasteiger partial charge in [0.2, 0.25) is 0 Å². The fourth-order valence-corrected chi connectivity index (χ4v) is 2.71. The highest BCUT2D eigenvalue weighted by Gasteiger charge is 2.15. The van der Waals surface area contributed by atoms with Gasteiger partial charge in [0.1, 0.15) is 11.5 Å². The Labute approximate surface area is 126 Å². The molecule has 7 heteroatoms. The summed E-state index contributed by atoms with van der Waals surface area (Å²) in [5.74, 6) is -0.685. The lowest BCUT2D eigenvalue weighted by molar-refractivity contribution is 0.0990. The van der Waals surface area contributed by atoms with E-state index in [0.29, 0.717) is 11.1 Å². The highest BCUT2D eigenvalue weighted by atomic mass is 31.2. The molecule has 0 heterocycles. The van der Waals surface area contributed by atoms with E-state index < -0.39 is 7.60 Å². The third-order valence-electron chi connectivity index (χ3n) is 3.06. The molecule has 0 atom stereocenters. The molecule has 0 fully saturated rings. The van der Waals surface area contributed by atoms with Gasteiger partial charge in [-0.3, -0.25) is 9.36 Å². The number of rotatable bonds is 5. The summed E-state index contributed by atoms with van der Waals surface area (Å²) in [5, 5.41) is 19.0. The Kier molecular flexibility index (Phi) is 4.66. The van der Waals surface area contributed by atoms with Crippen molar-refractivity contribution in [1.29, 1.82) is 0 Å². The third-order valence-corrected chi connectivity index (χ3v) is 3.83. The van der Waals surface area contributed by atoms with Crippen molar-refractivity contribution in [3.8, 4) is 11.5 Å². The van der Waals surface area contributed by atoms with Crippen LogP contribution in [0.2, 0.25) is 0 Å². The molecule has 0 saturated carbocycles. The summed E-state index contributed by atoms with van der Waals surface area (Å²) in [7, 11) is -4.12. The molecular weight excluding hydrogens is 307 g/mol. The van der Waals surface area contributed by atoms with Crippen LogP contribution >= 0.6 is 7.60 Å². The van der Waals surface area contributed by atoms with Gasteiger partial charge in [-0.25, -0.2) is 0 Å². The van der Waals surface area contributed by atoms with Crippen LogP contribution in [-0.2, 0) is 17.1 Å². The third kappa shape index (κ3) is 4.43. The number of phenols is 2. The SMILES string of the molecule is O=C(Cc1ccc(CP(=O)(O)O)cc1)c1cc(O)ccc1O. The van der Waals surface area contributed by atoms with Crippen LogP contribution in [0.4, 0.5) is 0 Å². The highest BCUT2D eigenvalue weighted by molar-refractivity contribution is 7.50. The molecule has 0 unspecified atom stereocenters. The summed E-state index contributed by atoms with van der Waals surface area (Å²) in [6, 6.07) is 10.0. The maximum atomic E-state index is 12.1. The average Bonchev–Trinajstić information content (AvgIpc) is 2.42. The Balaban J connectivity index is 2.12. The van der Waals surface area contributed by atoms with Gasteiger partial charge in [0.15, 0.2) is 5.78 Å². The van der Waals surface area contributed by atoms with Crippen LogP contribution in [-0.4, -0.2) is 25.8 Å². The number of aromatic hydroxyl groups is 2. The number of hydrogen-bond acceptors (Lipinski definition) is 4. The van der Waals surface area contributed by atoms with Gasteiger partial charge in [-0.05, 0) is 29.3 Å². The lowest BCUT2D eigenvalue weighted by atomic mass is 10.0. The van der Waals surface area contributed by atoms with Gasteiger partial charge in [0, 0.05) is 6.42 Å². The standard InChI is InChI=1S/C15H15O6P/c16-12-5-6-14(17)13(8-12)15(18)7-10-1-3-11(4-2-10)9-22(19,20)21/h1-6,8,16-17H,7,9H2,(H2,19,20,21). The molecule has 2 rings (SSSR count). The second-order valence-electron chi connectivity index (χ2n) is 4.94. The molecule has 0 amide bonds. The molecule has 0 spiro atoms. The average molecular weight is 322 g/mol. The van der Waals surface area contributed by atoms with Crippen molar-refractivity contribution in [2.75, 3.05) is 0 Å². The number of carbonyl (C=O) groups excluding carboxylic acids is 1. The van der Waals surface area contributed by atoms with E-state index in [-0.39, 0.29) is 35.4 Å². The van der Waals surface area contributed by atoms with Crippen LogP contribution in [0.5, 0.6) is 11.5 Å². The van der Waals surface area contributed by atoms with Gasteiger partial charge in [-0.1, -0.05) is 24.3 Å². The molecule has 0 aromatic heterocycles. The molecule has 22 heavy (non-hydrogen) atoms. The first-order valence-corrected chi connectivity index (χ1v) is 8.22. The van der Waals surface area contributed by atoms with E-state index in [0.717, 1.165) is 0 Å². The Bertz CT molecular complexity index is 732. The van der Waals surface area contributed by atoms with E-state index in [9.17, 15) is 19.6 Å². The van der Waals surface area contributed by atoms with E-state index in [1.54, 1.807) is 24.3 Å². The van der Waals surface area contributed by atoms with Crippen LogP contribution in [0.25, 0.3) is 0 Å². The van der Waals surface area contributed by atoms with Crippen LogP contribution in [0.3, 0.4) is 0 Å². The molecule has 0 radical (unpaired) electrons. The first-order valence-electron chi connectivity index (χ1n) is 6.42. The van der Waals surface area contributed by atoms with Gasteiger partial charge < -0.3 is 20.0 Å². The Morgan fingerprint density at radius 1 is 0.955 bits per heavy atom. The minimum absolute atomic E-state index is 0.00715. The Morgan fingerprint density at radius 3 is 2.14 bits per heavy atom. The molecule has 2 aromatic rings. The normalized spacial score (nSPS) is 11.4. The first-order chi connectivity index (χ1) is 10.2. The van der Waals surface area contributed by atoms with Crippen molar-refractivity contribution in [2.45, 2.75) is 12.6 Å². The van der Waals surface area contributed by atoms with Crippen molar-refractivity contribution in [3.63, 3.8) is 0 Å². The summed E-state index contributed by atoms with van der Waals surface area (Å²) in [6.07, 6.45) is -0.345. The summed E-state index contributed by atoms with van der Waals surface area (Å²) >= 11 is 0. The molecule has 2 aromatic carbocycles. The Hall–Kier alpha value is -2.14. The van der Waals surface area contributed by atoms with E-state index in [4.69, 9.17) is 9.79 Å². The smallest absolute Gasteiger partial charge is 0.329 e. The van der Waals surface area contributed by atoms with Gasteiger partial charge in [0.05, 0.1) is 11.7 Å². The zero-order valence-electron chi connectivity index (χ0n) is 11.5. The molecule has 4 N–H and O–H groups in total. The fourth-order valence-electron chi connectivity index (χ4n) is 2.03. The molecule has 116 valence electrons.